The van der Waals surface area contributed by atoms with E-state index in [9.17, 15) is 9.59 Å². The lowest BCUT2D eigenvalue weighted by atomic mass is 10.0. The van der Waals surface area contributed by atoms with Crippen LogP contribution >= 0.6 is 11.8 Å². The molecule has 2 fully saturated rings. The molecule has 0 unspecified atom stereocenters. The minimum Gasteiger partial charge on any atom is -0.339 e. The number of amides is 2. The third-order valence-corrected chi connectivity index (χ3v) is 7.39. The van der Waals surface area contributed by atoms with Gasteiger partial charge in [0, 0.05) is 38.3 Å². The molecule has 9 heteroatoms. The molecule has 1 aliphatic heterocycles. The Labute approximate surface area is 199 Å². The van der Waals surface area contributed by atoms with Gasteiger partial charge in [-0.05, 0) is 24.0 Å². The molecule has 1 saturated heterocycles. The lowest BCUT2D eigenvalue weighted by Crippen LogP contribution is -2.50. The van der Waals surface area contributed by atoms with E-state index in [4.69, 9.17) is 0 Å². The molecule has 2 aromatic rings. The highest BCUT2D eigenvalue weighted by Gasteiger charge is 2.23. The van der Waals surface area contributed by atoms with Crippen LogP contribution in [0.3, 0.4) is 0 Å². The zero-order valence-corrected chi connectivity index (χ0v) is 20.2. The first-order chi connectivity index (χ1) is 16.1. The summed E-state index contributed by atoms with van der Waals surface area (Å²) in [6.45, 7) is 5.10. The van der Waals surface area contributed by atoms with Gasteiger partial charge in [-0.3, -0.25) is 19.6 Å². The summed E-state index contributed by atoms with van der Waals surface area (Å²) in [4.78, 5) is 33.7. The number of aromatic nitrogens is 3. The predicted molar refractivity (Wildman–Crippen MR) is 130 cm³/mol. The van der Waals surface area contributed by atoms with Crippen LogP contribution in [0.5, 0.6) is 0 Å². The van der Waals surface area contributed by atoms with E-state index in [1.807, 2.05) is 29.2 Å². The smallest absolute Gasteiger partial charge is 0.238 e. The van der Waals surface area contributed by atoms with Gasteiger partial charge in [0.2, 0.25) is 17.0 Å². The Hall–Kier alpha value is -2.39. The Kier molecular flexibility index (Phi) is 8.39. The summed E-state index contributed by atoms with van der Waals surface area (Å²) in [5, 5.41) is 11.0. The number of nitrogens with zero attached hydrogens (tertiary/aromatic N) is 4. The molecule has 1 aromatic carbocycles. The van der Waals surface area contributed by atoms with E-state index in [1.165, 1.54) is 37.4 Å². The van der Waals surface area contributed by atoms with Gasteiger partial charge in [0.05, 0.1) is 12.3 Å². The van der Waals surface area contributed by atoms with Gasteiger partial charge in [0.15, 0.2) is 0 Å². The number of anilines is 1. The molecule has 0 atom stereocenters. The number of hydrogen-bond donors (Lipinski definition) is 2. The van der Waals surface area contributed by atoms with E-state index in [0.29, 0.717) is 43.6 Å². The minimum atomic E-state index is -0.00996. The first-order valence-corrected chi connectivity index (χ1v) is 13.0. The average molecular weight is 471 g/mol. The fraction of sp³-hybridized carbons (Fsp3) is 0.583. The molecule has 1 aliphatic carbocycles. The molecule has 0 radical (unpaired) electrons. The highest BCUT2D eigenvalue weighted by Crippen LogP contribution is 2.27. The molecule has 2 N–H and O–H groups in total. The predicted octanol–water partition coefficient (Wildman–Crippen LogP) is 2.97. The first-order valence-electron chi connectivity index (χ1n) is 12.0. The number of carbonyl (C=O) groups excluding carboxylic acids is 2. The SMILES string of the molecule is CCc1ccccc1NC(=O)CN1CCN(C(=O)CSc2n[nH]c(CC3CCCC3)n2)CC1. The number of H-pyrrole nitrogens is 1. The Balaban J connectivity index is 1.16. The van der Waals surface area contributed by atoms with Crippen LogP contribution in [0.2, 0.25) is 0 Å². The van der Waals surface area contributed by atoms with Gasteiger partial charge in [-0.2, -0.15) is 0 Å². The standard InChI is InChI=1S/C24H34N6O2S/c1-2-19-9-5-6-10-20(19)25-22(31)16-29-11-13-30(14-12-29)23(32)17-33-24-26-21(27-28-24)15-18-7-3-4-8-18/h5-6,9-10,18H,2-4,7-8,11-17H2,1H3,(H,25,31)(H,26,27,28). The van der Waals surface area contributed by atoms with Crippen LogP contribution in [-0.2, 0) is 22.4 Å². The molecule has 2 amide bonds. The molecule has 8 nitrogen and oxygen atoms in total. The summed E-state index contributed by atoms with van der Waals surface area (Å²) in [6, 6.07) is 7.90. The van der Waals surface area contributed by atoms with Crippen LogP contribution in [-0.4, -0.2) is 75.3 Å². The lowest BCUT2D eigenvalue weighted by Gasteiger charge is -2.34. The number of nitrogens with one attached hydrogen (secondary N) is 2. The lowest BCUT2D eigenvalue weighted by molar-refractivity contribution is -0.130. The zero-order chi connectivity index (χ0) is 23.0. The van der Waals surface area contributed by atoms with Gasteiger partial charge in [-0.25, -0.2) is 4.98 Å². The Morgan fingerprint density at radius 1 is 1.15 bits per heavy atom. The van der Waals surface area contributed by atoms with Crippen molar-refractivity contribution in [3.8, 4) is 0 Å². The van der Waals surface area contributed by atoms with Crippen LogP contribution in [0, 0.1) is 5.92 Å². The van der Waals surface area contributed by atoms with Gasteiger partial charge in [-0.15, -0.1) is 5.10 Å². The van der Waals surface area contributed by atoms with Gasteiger partial charge < -0.3 is 10.2 Å². The Morgan fingerprint density at radius 3 is 2.67 bits per heavy atom. The highest BCUT2D eigenvalue weighted by molar-refractivity contribution is 7.99. The van der Waals surface area contributed by atoms with Crippen molar-refractivity contribution in [1.29, 1.82) is 0 Å². The summed E-state index contributed by atoms with van der Waals surface area (Å²) in [5.41, 5.74) is 2.02. The molecular formula is C24H34N6O2S. The van der Waals surface area contributed by atoms with Crippen LogP contribution in [0.15, 0.2) is 29.4 Å². The number of piperazine rings is 1. The van der Waals surface area contributed by atoms with Gasteiger partial charge in [0.25, 0.3) is 0 Å². The Morgan fingerprint density at radius 2 is 1.91 bits per heavy atom. The van der Waals surface area contributed by atoms with Crippen molar-refractivity contribution in [3.63, 3.8) is 0 Å². The highest BCUT2D eigenvalue weighted by atomic mass is 32.2. The summed E-state index contributed by atoms with van der Waals surface area (Å²) < 4.78 is 0. The number of rotatable bonds is 9. The summed E-state index contributed by atoms with van der Waals surface area (Å²) in [6.07, 6.45) is 7.04. The normalized spacial score (nSPS) is 17.4. The molecule has 0 spiro atoms. The number of hydrogen-bond acceptors (Lipinski definition) is 6. The number of thioether (sulfide) groups is 1. The third kappa shape index (κ3) is 6.80. The maximum atomic E-state index is 12.6. The molecule has 1 aromatic heterocycles. The van der Waals surface area contributed by atoms with Gasteiger partial charge >= 0.3 is 0 Å². The molecule has 178 valence electrons. The molecule has 33 heavy (non-hydrogen) atoms. The van der Waals surface area contributed by atoms with Crippen molar-refractivity contribution >= 4 is 29.3 Å². The summed E-state index contributed by atoms with van der Waals surface area (Å²) >= 11 is 1.39. The summed E-state index contributed by atoms with van der Waals surface area (Å²) in [7, 11) is 0. The fourth-order valence-electron chi connectivity index (χ4n) is 4.64. The number of carbonyl (C=O) groups is 2. The number of para-hydroxylation sites is 1. The largest absolute Gasteiger partial charge is 0.339 e. The molecule has 2 heterocycles. The van der Waals surface area contributed by atoms with Crippen LogP contribution in [0.25, 0.3) is 0 Å². The zero-order valence-electron chi connectivity index (χ0n) is 19.4. The van der Waals surface area contributed by atoms with Crippen LogP contribution in [0.1, 0.15) is 44.0 Å². The maximum Gasteiger partial charge on any atom is 0.238 e. The first kappa shape index (κ1) is 23.8. The fourth-order valence-corrected chi connectivity index (χ4v) is 5.36. The molecule has 4 rings (SSSR count). The topological polar surface area (TPSA) is 94.2 Å². The third-order valence-electron chi connectivity index (χ3n) is 6.56. The van der Waals surface area contributed by atoms with Crippen molar-refractivity contribution in [2.75, 3.05) is 43.8 Å². The van der Waals surface area contributed by atoms with E-state index in [0.717, 1.165) is 35.8 Å². The number of aromatic amines is 1. The van der Waals surface area contributed by atoms with Gasteiger partial charge in [-0.1, -0.05) is 62.6 Å². The minimum absolute atomic E-state index is 0.00996. The van der Waals surface area contributed by atoms with E-state index < -0.39 is 0 Å². The number of aryl methyl sites for hydroxylation is 1. The number of benzene rings is 1. The van der Waals surface area contributed by atoms with E-state index in [-0.39, 0.29) is 11.8 Å². The van der Waals surface area contributed by atoms with Crippen LogP contribution in [0.4, 0.5) is 5.69 Å². The Bertz CT molecular complexity index is 935. The van der Waals surface area contributed by atoms with E-state index in [2.05, 4.69) is 32.3 Å². The van der Waals surface area contributed by atoms with Crippen LogP contribution < -0.4 is 5.32 Å². The van der Waals surface area contributed by atoms with Crippen molar-refractivity contribution in [1.82, 2.24) is 25.0 Å². The van der Waals surface area contributed by atoms with E-state index in [1.54, 1.807) is 0 Å². The average Bonchev–Trinajstić information content (AvgIpc) is 3.51. The van der Waals surface area contributed by atoms with Crippen molar-refractivity contribution in [2.45, 2.75) is 50.6 Å². The second-order valence-electron chi connectivity index (χ2n) is 8.92. The second kappa shape index (κ2) is 11.7. The molecular weight excluding hydrogens is 436 g/mol. The molecule has 0 bridgehead atoms. The molecule has 1 saturated carbocycles. The maximum absolute atomic E-state index is 12.6. The molecule has 2 aliphatic rings. The monoisotopic (exact) mass is 470 g/mol. The van der Waals surface area contributed by atoms with Crippen molar-refractivity contribution < 1.29 is 9.59 Å². The van der Waals surface area contributed by atoms with Crippen molar-refractivity contribution in [2.24, 2.45) is 5.92 Å². The summed E-state index contributed by atoms with van der Waals surface area (Å²) in [5.74, 6) is 2.09. The van der Waals surface area contributed by atoms with E-state index >= 15 is 0 Å². The van der Waals surface area contributed by atoms with Crippen molar-refractivity contribution in [3.05, 3.63) is 35.7 Å². The quantitative estimate of drug-likeness (QED) is 0.547. The second-order valence-corrected chi connectivity index (χ2v) is 9.87. The van der Waals surface area contributed by atoms with Gasteiger partial charge in [0.1, 0.15) is 5.82 Å².